The van der Waals surface area contributed by atoms with Gasteiger partial charge in [0.05, 0.1) is 18.2 Å². The van der Waals surface area contributed by atoms with Crippen molar-refractivity contribution in [3.63, 3.8) is 0 Å². The predicted octanol–water partition coefficient (Wildman–Crippen LogP) is 2.56. The molecule has 0 saturated heterocycles. The first-order valence-corrected chi connectivity index (χ1v) is 6.50. The highest BCUT2D eigenvalue weighted by atomic mass is 16.5. The summed E-state index contributed by atoms with van der Waals surface area (Å²) in [5.74, 6) is -0.00241. The van der Waals surface area contributed by atoms with Gasteiger partial charge in [-0.2, -0.15) is 0 Å². The van der Waals surface area contributed by atoms with Crippen LogP contribution in [0.5, 0.6) is 0 Å². The van der Waals surface area contributed by atoms with Crippen molar-refractivity contribution in [2.24, 2.45) is 5.92 Å². The van der Waals surface area contributed by atoms with Gasteiger partial charge in [-0.05, 0) is 31.9 Å². The molecule has 0 amide bonds. The Hall–Kier alpha value is -1.62. The zero-order valence-corrected chi connectivity index (χ0v) is 11.9. The van der Waals surface area contributed by atoms with E-state index in [2.05, 4.69) is 24.1 Å². The number of nitrogens with one attached hydrogen (secondary N) is 1. The van der Waals surface area contributed by atoms with Crippen molar-refractivity contribution >= 4 is 11.8 Å². The third-order valence-corrected chi connectivity index (χ3v) is 2.84. The van der Waals surface area contributed by atoms with Gasteiger partial charge in [-0.25, -0.2) is 9.78 Å². The average Bonchev–Trinajstić information content (AvgIpc) is 2.33. The summed E-state index contributed by atoms with van der Waals surface area (Å²) in [6.45, 7) is 9.14. The molecule has 0 bridgehead atoms. The molecule has 0 aromatic carbocycles. The molecular weight excluding hydrogens is 244 g/mol. The molecule has 1 atom stereocenters. The molecule has 2 N–H and O–H groups in total. The zero-order valence-electron chi connectivity index (χ0n) is 11.9. The van der Waals surface area contributed by atoms with Crippen molar-refractivity contribution in [3.05, 3.63) is 23.4 Å². The summed E-state index contributed by atoms with van der Waals surface area (Å²) in [5.41, 5.74) is 0.926. The highest BCUT2D eigenvalue weighted by molar-refractivity contribution is 5.88. The molecule has 106 valence electrons. The molecule has 5 heteroatoms. The van der Waals surface area contributed by atoms with E-state index in [0.29, 0.717) is 30.6 Å². The molecule has 0 fully saturated rings. The van der Waals surface area contributed by atoms with Crippen molar-refractivity contribution in [2.45, 2.75) is 33.7 Å². The summed E-state index contributed by atoms with van der Waals surface area (Å²) in [7, 11) is 0. The molecule has 19 heavy (non-hydrogen) atoms. The van der Waals surface area contributed by atoms with E-state index in [1.165, 1.54) is 0 Å². The summed E-state index contributed by atoms with van der Waals surface area (Å²) in [6.07, 6.45) is 0. The van der Waals surface area contributed by atoms with Crippen LogP contribution in [0.25, 0.3) is 0 Å². The fourth-order valence-electron chi connectivity index (χ4n) is 1.70. The number of hydrogen-bond acceptors (Lipinski definition) is 4. The third kappa shape index (κ3) is 4.87. The van der Waals surface area contributed by atoms with Crippen LogP contribution in [0, 0.1) is 12.8 Å². The van der Waals surface area contributed by atoms with Crippen LogP contribution in [0.2, 0.25) is 0 Å². The molecule has 0 aliphatic rings. The maximum Gasteiger partial charge on any atom is 0.335 e. The van der Waals surface area contributed by atoms with E-state index >= 15 is 0 Å². The zero-order chi connectivity index (χ0) is 14.4. The number of pyridine rings is 1. The number of carbonyl (C=O) groups is 1. The lowest BCUT2D eigenvalue weighted by molar-refractivity contribution is 0.0696. The summed E-state index contributed by atoms with van der Waals surface area (Å²) in [4.78, 5) is 15.3. The molecule has 1 aromatic heterocycles. The number of aromatic carboxylic acids is 1. The van der Waals surface area contributed by atoms with E-state index in [1.807, 2.05) is 6.92 Å². The maximum atomic E-state index is 11.0. The second kappa shape index (κ2) is 7.09. The lowest BCUT2D eigenvalue weighted by Gasteiger charge is -2.23. The highest BCUT2D eigenvalue weighted by Gasteiger charge is 2.15. The molecule has 1 aromatic rings. The SMILES string of the molecule is CCOCC(Nc1cc(C(=O)O)cc(C)n1)C(C)C. The summed E-state index contributed by atoms with van der Waals surface area (Å²) >= 11 is 0. The summed E-state index contributed by atoms with van der Waals surface area (Å²) < 4.78 is 5.43. The first-order valence-electron chi connectivity index (χ1n) is 6.50. The van der Waals surface area contributed by atoms with Crippen LogP contribution in [0.3, 0.4) is 0 Å². The standard InChI is InChI=1S/C14H22N2O3/c1-5-19-8-12(9(2)3)16-13-7-11(14(17)18)6-10(4)15-13/h6-7,9,12H,5,8H2,1-4H3,(H,15,16)(H,17,18). The number of rotatable bonds is 7. The molecule has 0 spiro atoms. The van der Waals surface area contributed by atoms with Gasteiger partial charge in [-0.3, -0.25) is 0 Å². The number of aromatic nitrogens is 1. The number of aryl methyl sites for hydroxylation is 1. The van der Waals surface area contributed by atoms with E-state index in [4.69, 9.17) is 9.84 Å². The van der Waals surface area contributed by atoms with E-state index in [-0.39, 0.29) is 11.6 Å². The first-order chi connectivity index (χ1) is 8.93. The Bertz CT molecular complexity index is 433. The van der Waals surface area contributed by atoms with Crippen molar-refractivity contribution < 1.29 is 14.6 Å². The van der Waals surface area contributed by atoms with Crippen LogP contribution in [0.4, 0.5) is 5.82 Å². The maximum absolute atomic E-state index is 11.0. The van der Waals surface area contributed by atoms with E-state index in [1.54, 1.807) is 19.1 Å². The molecular formula is C14H22N2O3. The minimum absolute atomic E-state index is 0.107. The summed E-state index contributed by atoms with van der Waals surface area (Å²) in [5, 5.41) is 12.3. The van der Waals surface area contributed by atoms with Gasteiger partial charge in [-0.1, -0.05) is 13.8 Å². The number of nitrogens with zero attached hydrogens (tertiary/aromatic N) is 1. The highest BCUT2D eigenvalue weighted by Crippen LogP contribution is 2.14. The summed E-state index contributed by atoms with van der Waals surface area (Å²) in [6, 6.07) is 3.22. The predicted molar refractivity (Wildman–Crippen MR) is 74.7 cm³/mol. The number of carboxylic acid groups (broad SMARTS) is 1. The monoisotopic (exact) mass is 266 g/mol. The van der Waals surface area contributed by atoms with Gasteiger partial charge >= 0.3 is 5.97 Å². The Balaban J connectivity index is 2.86. The van der Waals surface area contributed by atoms with Crippen LogP contribution >= 0.6 is 0 Å². The van der Waals surface area contributed by atoms with Crippen LogP contribution < -0.4 is 5.32 Å². The topological polar surface area (TPSA) is 71.5 Å². The van der Waals surface area contributed by atoms with Crippen molar-refractivity contribution in [1.29, 1.82) is 0 Å². The van der Waals surface area contributed by atoms with Crippen LogP contribution in [-0.4, -0.2) is 35.3 Å². The lowest BCUT2D eigenvalue weighted by Crippen LogP contribution is -2.31. The molecule has 0 aliphatic heterocycles. The Morgan fingerprint density at radius 1 is 1.47 bits per heavy atom. The van der Waals surface area contributed by atoms with Crippen LogP contribution in [0.1, 0.15) is 36.8 Å². The van der Waals surface area contributed by atoms with Crippen LogP contribution in [0.15, 0.2) is 12.1 Å². The Labute approximate surface area is 114 Å². The number of carboxylic acids is 1. The van der Waals surface area contributed by atoms with Gasteiger partial charge in [0.1, 0.15) is 5.82 Å². The van der Waals surface area contributed by atoms with Crippen molar-refractivity contribution in [2.75, 3.05) is 18.5 Å². The minimum atomic E-state index is -0.945. The van der Waals surface area contributed by atoms with Crippen molar-refractivity contribution in [3.8, 4) is 0 Å². The Morgan fingerprint density at radius 2 is 2.16 bits per heavy atom. The quantitative estimate of drug-likeness (QED) is 0.793. The molecule has 0 aliphatic carbocycles. The smallest absolute Gasteiger partial charge is 0.335 e. The number of ether oxygens (including phenoxy) is 1. The van der Waals surface area contributed by atoms with Crippen LogP contribution in [-0.2, 0) is 4.74 Å². The van der Waals surface area contributed by atoms with Gasteiger partial charge in [0, 0.05) is 12.3 Å². The third-order valence-electron chi connectivity index (χ3n) is 2.84. The Morgan fingerprint density at radius 3 is 2.68 bits per heavy atom. The number of anilines is 1. The normalized spacial score (nSPS) is 12.5. The van der Waals surface area contributed by atoms with Gasteiger partial charge in [0.15, 0.2) is 0 Å². The van der Waals surface area contributed by atoms with Gasteiger partial charge < -0.3 is 15.2 Å². The second-order valence-corrected chi connectivity index (χ2v) is 4.84. The van der Waals surface area contributed by atoms with E-state index in [0.717, 1.165) is 0 Å². The first kappa shape index (κ1) is 15.4. The fraction of sp³-hybridized carbons (Fsp3) is 0.571. The molecule has 1 rings (SSSR count). The second-order valence-electron chi connectivity index (χ2n) is 4.84. The van der Waals surface area contributed by atoms with E-state index < -0.39 is 5.97 Å². The molecule has 5 nitrogen and oxygen atoms in total. The minimum Gasteiger partial charge on any atom is -0.478 e. The van der Waals surface area contributed by atoms with Gasteiger partial charge in [0.2, 0.25) is 0 Å². The van der Waals surface area contributed by atoms with Crippen molar-refractivity contribution in [1.82, 2.24) is 4.98 Å². The van der Waals surface area contributed by atoms with Gasteiger partial charge in [0.25, 0.3) is 0 Å². The fourth-order valence-corrected chi connectivity index (χ4v) is 1.70. The molecule has 0 radical (unpaired) electrons. The average molecular weight is 266 g/mol. The lowest BCUT2D eigenvalue weighted by atomic mass is 10.1. The van der Waals surface area contributed by atoms with E-state index in [9.17, 15) is 4.79 Å². The number of hydrogen-bond donors (Lipinski definition) is 2. The Kier molecular flexibility index (Phi) is 5.76. The molecule has 0 saturated carbocycles. The molecule has 1 unspecified atom stereocenters. The largest absolute Gasteiger partial charge is 0.478 e. The molecule has 1 heterocycles. The van der Waals surface area contributed by atoms with Gasteiger partial charge in [-0.15, -0.1) is 0 Å².